The number of halogens is 1. The summed E-state index contributed by atoms with van der Waals surface area (Å²) in [7, 11) is 1.72. The molecule has 0 unspecified atom stereocenters. The third kappa shape index (κ3) is 2.29. The first-order valence-electron chi connectivity index (χ1n) is 6.82. The van der Waals surface area contributed by atoms with Gasteiger partial charge in [-0.25, -0.2) is 9.78 Å². The number of hydrogen-bond acceptors (Lipinski definition) is 4. The van der Waals surface area contributed by atoms with Crippen molar-refractivity contribution in [2.75, 3.05) is 13.7 Å². The minimum Gasteiger partial charge on any atom is -0.461 e. The van der Waals surface area contributed by atoms with Gasteiger partial charge >= 0.3 is 5.97 Å². The molecule has 0 spiro atoms. The van der Waals surface area contributed by atoms with E-state index in [1.165, 1.54) is 0 Å². The van der Waals surface area contributed by atoms with Gasteiger partial charge in [0.1, 0.15) is 6.33 Å². The standard InChI is InChI=1S/C15H14IN3O3/c1-3-22-15(21)13-11-7-18(2)14(20)12-9(16)5-4-6-10(12)19(11)8-17-13/h4-6,8H,3,7H2,1-2H3/i16-2. The molecule has 0 saturated heterocycles. The first-order valence-corrected chi connectivity index (χ1v) is 7.90. The predicted molar refractivity (Wildman–Crippen MR) is 88.0 cm³/mol. The second-order valence-electron chi connectivity index (χ2n) is 4.93. The number of rotatable bonds is 2. The topological polar surface area (TPSA) is 64.4 Å². The monoisotopic (exact) mass is 409 g/mol. The highest BCUT2D eigenvalue weighted by Gasteiger charge is 2.29. The molecule has 3 rings (SSSR count). The second kappa shape index (κ2) is 5.71. The number of esters is 1. The van der Waals surface area contributed by atoms with E-state index in [9.17, 15) is 9.59 Å². The van der Waals surface area contributed by atoms with Crippen LogP contribution in [0.25, 0.3) is 5.69 Å². The van der Waals surface area contributed by atoms with Crippen LogP contribution in [0.4, 0.5) is 0 Å². The average Bonchev–Trinajstić information content (AvgIpc) is 2.85. The molecule has 0 fully saturated rings. The summed E-state index contributed by atoms with van der Waals surface area (Å²) in [4.78, 5) is 30.4. The Balaban J connectivity index is 2.22. The van der Waals surface area contributed by atoms with Crippen LogP contribution in [0.2, 0.25) is 0 Å². The van der Waals surface area contributed by atoms with Crippen molar-refractivity contribution in [3.8, 4) is 5.69 Å². The van der Waals surface area contributed by atoms with Crippen LogP contribution in [0.15, 0.2) is 24.5 Å². The lowest BCUT2D eigenvalue weighted by atomic mass is 10.1. The summed E-state index contributed by atoms with van der Waals surface area (Å²) in [6.07, 6.45) is 1.57. The molecule has 0 aliphatic carbocycles. The van der Waals surface area contributed by atoms with Crippen LogP contribution in [0.5, 0.6) is 0 Å². The van der Waals surface area contributed by atoms with Gasteiger partial charge < -0.3 is 9.64 Å². The summed E-state index contributed by atoms with van der Waals surface area (Å²) < 4.78 is 7.71. The maximum Gasteiger partial charge on any atom is 0.358 e. The van der Waals surface area contributed by atoms with Crippen LogP contribution in [0.1, 0.15) is 33.5 Å². The first-order chi connectivity index (χ1) is 10.5. The van der Waals surface area contributed by atoms with Crippen LogP contribution in [0.3, 0.4) is 0 Å². The van der Waals surface area contributed by atoms with Crippen LogP contribution in [0, 0.1) is 3.57 Å². The normalized spacial score (nSPS) is 13.4. The van der Waals surface area contributed by atoms with E-state index in [-0.39, 0.29) is 18.2 Å². The summed E-state index contributed by atoms with van der Waals surface area (Å²) in [5.41, 5.74) is 2.28. The van der Waals surface area contributed by atoms with Gasteiger partial charge in [0.2, 0.25) is 0 Å². The molecular weight excluding hydrogens is 395 g/mol. The van der Waals surface area contributed by atoms with E-state index in [4.69, 9.17) is 4.74 Å². The number of imidazole rings is 1. The largest absolute Gasteiger partial charge is 0.461 e. The fraction of sp³-hybridized carbons (Fsp3) is 0.267. The number of carbonyl (C=O) groups excluding carboxylic acids is 2. The molecule has 2 heterocycles. The van der Waals surface area contributed by atoms with E-state index in [1.807, 2.05) is 18.2 Å². The fourth-order valence-electron chi connectivity index (χ4n) is 2.51. The molecule has 22 heavy (non-hydrogen) atoms. The van der Waals surface area contributed by atoms with Gasteiger partial charge in [-0.2, -0.15) is 0 Å². The lowest BCUT2D eigenvalue weighted by molar-refractivity contribution is 0.0516. The third-order valence-corrected chi connectivity index (χ3v) is 4.43. The summed E-state index contributed by atoms with van der Waals surface area (Å²) >= 11 is 2.15. The number of ether oxygens (including phenoxy) is 1. The van der Waals surface area contributed by atoms with E-state index in [2.05, 4.69) is 27.6 Å². The molecule has 2 aromatic rings. The van der Waals surface area contributed by atoms with E-state index >= 15 is 0 Å². The van der Waals surface area contributed by atoms with Gasteiger partial charge in [-0.05, 0) is 41.6 Å². The maximum absolute atomic E-state index is 12.6. The van der Waals surface area contributed by atoms with Gasteiger partial charge in [0, 0.05) is 10.6 Å². The molecule has 1 aliphatic heterocycles. The Bertz CT molecular complexity index is 769. The predicted octanol–water partition coefficient (Wildman–Crippen LogP) is 2.24. The van der Waals surface area contributed by atoms with Gasteiger partial charge in [0.15, 0.2) is 5.69 Å². The van der Waals surface area contributed by atoms with Crippen molar-refractivity contribution in [3.05, 3.63) is 45.0 Å². The third-order valence-electron chi connectivity index (χ3n) is 3.53. The fourth-order valence-corrected chi connectivity index (χ4v) is 3.23. The van der Waals surface area contributed by atoms with E-state index in [0.29, 0.717) is 17.8 Å². The molecule has 1 aliphatic rings. The van der Waals surface area contributed by atoms with E-state index < -0.39 is 5.97 Å². The van der Waals surface area contributed by atoms with E-state index in [0.717, 1.165) is 9.26 Å². The van der Waals surface area contributed by atoms with Gasteiger partial charge in [-0.3, -0.25) is 9.36 Å². The van der Waals surface area contributed by atoms with Gasteiger partial charge in [-0.15, -0.1) is 0 Å². The molecule has 1 aromatic carbocycles. The molecule has 7 heteroatoms. The lowest BCUT2D eigenvalue weighted by Crippen LogP contribution is -2.26. The van der Waals surface area contributed by atoms with Crippen molar-refractivity contribution in [1.29, 1.82) is 0 Å². The molecule has 114 valence electrons. The van der Waals surface area contributed by atoms with Crippen LogP contribution >= 0.6 is 22.6 Å². The molecule has 1 amide bonds. The Labute approximate surface area is 141 Å². The van der Waals surface area contributed by atoms with Crippen molar-refractivity contribution in [3.63, 3.8) is 0 Å². The first kappa shape index (κ1) is 15.0. The van der Waals surface area contributed by atoms with Crippen LogP contribution in [-0.2, 0) is 11.3 Å². The summed E-state index contributed by atoms with van der Waals surface area (Å²) in [6.45, 7) is 2.34. The number of benzene rings is 1. The highest BCUT2D eigenvalue weighted by molar-refractivity contribution is 14.1. The number of aromatic nitrogens is 2. The molecular formula is C15H14IN3O3. The summed E-state index contributed by atoms with van der Waals surface area (Å²) in [5.74, 6) is -0.537. The van der Waals surface area contributed by atoms with Crippen molar-refractivity contribution in [2.24, 2.45) is 0 Å². The molecule has 0 radical (unpaired) electrons. The van der Waals surface area contributed by atoms with E-state index in [1.54, 1.807) is 29.8 Å². The molecule has 0 N–H and O–H groups in total. The lowest BCUT2D eigenvalue weighted by Gasteiger charge is -2.15. The van der Waals surface area contributed by atoms with Crippen molar-refractivity contribution in [2.45, 2.75) is 13.5 Å². The number of hydrogen-bond donors (Lipinski definition) is 0. The maximum atomic E-state index is 12.6. The minimum atomic E-state index is -0.467. The smallest absolute Gasteiger partial charge is 0.358 e. The second-order valence-corrected chi connectivity index (χ2v) is 6.09. The van der Waals surface area contributed by atoms with Crippen molar-refractivity contribution >= 4 is 34.5 Å². The Hall–Kier alpha value is -1.90. The van der Waals surface area contributed by atoms with Crippen molar-refractivity contribution < 1.29 is 14.3 Å². The number of amides is 1. The Kier molecular flexibility index (Phi) is 3.90. The quantitative estimate of drug-likeness (QED) is 0.564. The van der Waals surface area contributed by atoms with Crippen molar-refractivity contribution in [1.82, 2.24) is 14.5 Å². The zero-order valence-corrected chi connectivity index (χ0v) is 14.3. The molecule has 0 bridgehead atoms. The van der Waals surface area contributed by atoms with Gasteiger partial charge in [-0.1, -0.05) is 6.07 Å². The molecule has 0 saturated carbocycles. The molecule has 1 aromatic heterocycles. The zero-order chi connectivity index (χ0) is 15.9. The number of nitrogens with zero attached hydrogens (tertiary/aromatic N) is 3. The van der Waals surface area contributed by atoms with Crippen LogP contribution in [-0.4, -0.2) is 40.0 Å². The molecule has 6 nitrogen and oxygen atoms in total. The Morgan fingerprint density at radius 2 is 2.23 bits per heavy atom. The minimum absolute atomic E-state index is 0.0708. The SMILES string of the molecule is CCOC(=O)c1ncn2c1CN(C)C(=O)c1c([125I])cccc1-2. The summed E-state index contributed by atoms with van der Waals surface area (Å²) in [6, 6.07) is 5.63. The van der Waals surface area contributed by atoms with Crippen LogP contribution < -0.4 is 0 Å². The Morgan fingerprint density at radius 1 is 1.45 bits per heavy atom. The Morgan fingerprint density at radius 3 is 2.95 bits per heavy atom. The zero-order valence-electron chi connectivity index (χ0n) is 12.2. The summed E-state index contributed by atoms with van der Waals surface area (Å²) in [5, 5.41) is 0. The van der Waals surface area contributed by atoms with Gasteiger partial charge in [0.25, 0.3) is 5.91 Å². The number of carbonyl (C=O) groups is 2. The highest BCUT2D eigenvalue weighted by Crippen LogP contribution is 2.28. The van der Waals surface area contributed by atoms with Gasteiger partial charge in [0.05, 0.1) is 30.1 Å². The number of fused-ring (bicyclic) bond motifs is 3. The molecule has 0 atom stereocenters. The average molecular weight is 409 g/mol. The highest BCUT2D eigenvalue weighted by atomic mass is 125.